The summed E-state index contributed by atoms with van der Waals surface area (Å²) in [7, 11) is -4.29. The molecule has 20 heavy (non-hydrogen) atoms. The lowest BCUT2D eigenvalue weighted by Gasteiger charge is -2.37. The monoisotopic (exact) mass is 300 g/mol. The maximum atomic E-state index is 13.3. The molecule has 1 aromatic carbocycles. The number of anilines is 1. The van der Waals surface area contributed by atoms with E-state index in [9.17, 15) is 22.4 Å². The first-order chi connectivity index (χ1) is 9.17. The molecule has 0 saturated heterocycles. The summed E-state index contributed by atoms with van der Waals surface area (Å²) in [5.74, 6) is -2.29. The molecule has 0 bridgehead atoms. The van der Waals surface area contributed by atoms with E-state index in [-0.39, 0.29) is 11.3 Å². The molecule has 0 radical (unpaired) electrons. The molecule has 2 rings (SSSR count). The molecule has 0 unspecified atom stereocenters. The molecule has 1 aliphatic heterocycles. The fourth-order valence-corrected chi connectivity index (χ4v) is 3.87. The van der Waals surface area contributed by atoms with Gasteiger partial charge in [-0.2, -0.15) is 12.7 Å². The van der Waals surface area contributed by atoms with Gasteiger partial charge in [0.05, 0.1) is 11.3 Å². The zero-order valence-corrected chi connectivity index (χ0v) is 11.9. The normalized spacial score (nSPS) is 17.4. The molecule has 8 heteroatoms. The van der Waals surface area contributed by atoms with Crippen LogP contribution in [0.4, 0.5) is 10.1 Å². The fourth-order valence-electron chi connectivity index (χ4n) is 2.13. The highest BCUT2D eigenvalue weighted by Crippen LogP contribution is 2.33. The SMILES string of the molecule is CC(=O)N1c2ccc(F)cc2C(=O)N(C(C)C)S1(=O)=O. The quantitative estimate of drug-likeness (QED) is 0.783. The Morgan fingerprint density at radius 1 is 1.30 bits per heavy atom. The molecular weight excluding hydrogens is 287 g/mol. The van der Waals surface area contributed by atoms with Gasteiger partial charge in [-0.3, -0.25) is 9.59 Å². The summed E-state index contributed by atoms with van der Waals surface area (Å²) in [4.78, 5) is 23.9. The van der Waals surface area contributed by atoms with Crippen LogP contribution >= 0.6 is 0 Å². The van der Waals surface area contributed by atoms with Crippen molar-refractivity contribution in [3.8, 4) is 0 Å². The average Bonchev–Trinajstić information content (AvgIpc) is 2.28. The maximum absolute atomic E-state index is 13.3. The second kappa shape index (κ2) is 4.55. The molecule has 1 heterocycles. The van der Waals surface area contributed by atoms with E-state index >= 15 is 0 Å². The van der Waals surface area contributed by atoms with Crippen molar-refractivity contribution in [2.45, 2.75) is 26.8 Å². The Bertz CT molecular complexity index is 699. The zero-order chi connectivity index (χ0) is 15.2. The van der Waals surface area contributed by atoms with Crippen molar-refractivity contribution in [3.05, 3.63) is 29.6 Å². The van der Waals surface area contributed by atoms with Crippen LogP contribution in [0, 0.1) is 5.82 Å². The Labute approximate surface area is 116 Å². The van der Waals surface area contributed by atoms with Crippen molar-refractivity contribution in [2.24, 2.45) is 0 Å². The van der Waals surface area contributed by atoms with E-state index in [0.717, 1.165) is 25.1 Å². The summed E-state index contributed by atoms with van der Waals surface area (Å²) in [6.45, 7) is 4.06. The van der Waals surface area contributed by atoms with Gasteiger partial charge < -0.3 is 0 Å². The average molecular weight is 300 g/mol. The summed E-state index contributed by atoms with van der Waals surface area (Å²) in [5, 5.41) is 0. The first-order valence-electron chi connectivity index (χ1n) is 5.87. The predicted molar refractivity (Wildman–Crippen MR) is 69.8 cm³/mol. The van der Waals surface area contributed by atoms with Crippen LogP contribution in [-0.4, -0.2) is 30.6 Å². The van der Waals surface area contributed by atoms with Crippen molar-refractivity contribution >= 4 is 27.7 Å². The molecule has 0 fully saturated rings. The Morgan fingerprint density at radius 2 is 1.90 bits per heavy atom. The summed E-state index contributed by atoms with van der Waals surface area (Å²) in [6, 6.07) is 2.35. The number of nitrogens with zero attached hydrogens (tertiary/aromatic N) is 2. The molecule has 0 aliphatic carbocycles. The Balaban J connectivity index is 2.81. The van der Waals surface area contributed by atoms with Gasteiger partial charge in [-0.1, -0.05) is 0 Å². The third-order valence-corrected chi connectivity index (χ3v) is 4.84. The molecule has 0 N–H and O–H groups in total. The smallest absolute Gasteiger partial charge is 0.274 e. The number of amides is 2. The molecule has 1 aliphatic rings. The van der Waals surface area contributed by atoms with E-state index in [1.165, 1.54) is 13.8 Å². The van der Waals surface area contributed by atoms with Crippen LogP contribution < -0.4 is 4.31 Å². The number of hydrogen-bond acceptors (Lipinski definition) is 4. The van der Waals surface area contributed by atoms with Crippen LogP contribution in [-0.2, 0) is 15.0 Å². The van der Waals surface area contributed by atoms with Crippen molar-refractivity contribution in [2.75, 3.05) is 4.31 Å². The van der Waals surface area contributed by atoms with Crippen LogP contribution in [0.2, 0.25) is 0 Å². The highest BCUT2D eigenvalue weighted by Gasteiger charge is 2.45. The van der Waals surface area contributed by atoms with Gasteiger partial charge in [0.2, 0.25) is 5.91 Å². The first kappa shape index (κ1) is 14.4. The van der Waals surface area contributed by atoms with Gasteiger partial charge in [-0.25, -0.2) is 8.70 Å². The van der Waals surface area contributed by atoms with E-state index < -0.39 is 33.9 Å². The van der Waals surface area contributed by atoms with Crippen LogP contribution in [0.1, 0.15) is 31.1 Å². The van der Waals surface area contributed by atoms with Crippen LogP contribution in [0.25, 0.3) is 0 Å². The molecule has 0 aromatic heterocycles. The fraction of sp³-hybridized carbons (Fsp3) is 0.333. The lowest BCUT2D eigenvalue weighted by molar-refractivity contribution is -0.115. The van der Waals surface area contributed by atoms with E-state index in [1.807, 2.05) is 0 Å². The summed E-state index contributed by atoms with van der Waals surface area (Å²) in [5.41, 5.74) is -0.274. The highest BCUT2D eigenvalue weighted by molar-refractivity contribution is 7.92. The van der Waals surface area contributed by atoms with Crippen molar-refractivity contribution in [1.29, 1.82) is 0 Å². The van der Waals surface area contributed by atoms with Crippen LogP contribution in [0.15, 0.2) is 18.2 Å². The number of benzene rings is 1. The lowest BCUT2D eigenvalue weighted by Crippen LogP contribution is -2.55. The molecule has 6 nitrogen and oxygen atoms in total. The minimum atomic E-state index is -4.29. The lowest BCUT2D eigenvalue weighted by atomic mass is 10.1. The Morgan fingerprint density at radius 3 is 2.40 bits per heavy atom. The van der Waals surface area contributed by atoms with Gasteiger partial charge in [0, 0.05) is 13.0 Å². The highest BCUT2D eigenvalue weighted by atomic mass is 32.2. The van der Waals surface area contributed by atoms with Gasteiger partial charge in [0.15, 0.2) is 0 Å². The van der Waals surface area contributed by atoms with Crippen molar-refractivity contribution in [3.63, 3.8) is 0 Å². The van der Waals surface area contributed by atoms with Gasteiger partial charge in [-0.05, 0) is 32.0 Å². The third kappa shape index (κ3) is 1.96. The Kier molecular flexibility index (Phi) is 3.29. The second-order valence-electron chi connectivity index (χ2n) is 4.65. The Hall–Kier alpha value is -1.96. The largest absolute Gasteiger partial charge is 0.335 e. The van der Waals surface area contributed by atoms with E-state index in [1.54, 1.807) is 0 Å². The van der Waals surface area contributed by atoms with Gasteiger partial charge >= 0.3 is 10.2 Å². The minimum Gasteiger partial charge on any atom is -0.274 e. The molecule has 0 spiro atoms. The molecule has 0 atom stereocenters. The van der Waals surface area contributed by atoms with Crippen molar-refractivity contribution < 1.29 is 22.4 Å². The molecule has 2 amide bonds. The minimum absolute atomic E-state index is 0.124. The first-order valence-corrected chi connectivity index (χ1v) is 7.26. The van der Waals surface area contributed by atoms with Crippen LogP contribution in [0.5, 0.6) is 0 Å². The van der Waals surface area contributed by atoms with Crippen molar-refractivity contribution in [1.82, 2.24) is 4.31 Å². The van der Waals surface area contributed by atoms with Gasteiger partial charge in [-0.15, -0.1) is 0 Å². The third-order valence-electron chi connectivity index (χ3n) is 2.84. The van der Waals surface area contributed by atoms with E-state index in [0.29, 0.717) is 8.61 Å². The predicted octanol–water partition coefficient (Wildman–Crippen LogP) is 1.29. The summed E-state index contributed by atoms with van der Waals surface area (Å²) < 4.78 is 39.1. The molecular formula is C12H13FN2O4S. The molecule has 1 aromatic rings. The summed E-state index contributed by atoms with van der Waals surface area (Å²) >= 11 is 0. The number of rotatable bonds is 1. The van der Waals surface area contributed by atoms with Crippen LogP contribution in [0.3, 0.4) is 0 Å². The number of fused-ring (bicyclic) bond motifs is 1. The summed E-state index contributed by atoms with van der Waals surface area (Å²) in [6.07, 6.45) is 0. The van der Waals surface area contributed by atoms with Gasteiger partial charge in [0.25, 0.3) is 5.91 Å². The molecule has 0 saturated carbocycles. The molecule has 108 valence electrons. The second-order valence-corrected chi connectivity index (χ2v) is 6.30. The van der Waals surface area contributed by atoms with E-state index in [2.05, 4.69) is 0 Å². The standard InChI is InChI=1S/C12H13FN2O4S/c1-7(2)14-12(17)10-6-9(13)4-5-11(10)15(8(3)16)20(14,18)19/h4-7H,1-3H3. The number of hydrogen-bond donors (Lipinski definition) is 0. The number of halogens is 1. The zero-order valence-electron chi connectivity index (χ0n) is 11.1. The van der Waals surface area contributed by atoms with E-state index in [4.69, 9.17) is 0 Å². The number of carbonyl (C=O) groups is 2. The topological polar surface area (TPSA) is 74.8 Å². The van der Waals surface area contributed by atoms with Gasteiger partial charge in [0.1, 0.15) is 5.82 Å². The number of carbonyl (C=O) groups excluding carboxylic acids is 2. The maximum Gasteiger partial charge on any atom is 0.335 e.